The third kappa shape index (κ3) is 9.30. The molecular weight excluding hydrogens is 329 g/mol. The molecule has 1 aromatic carbocycles. The van der Waals surface area contributed by atoms with E-state index < -0.39 is 20.5 Å². The maximum absolute atomic E-state index is 12.0. The minimum absolute atomic E-state index is 0.134. The van der Waals surface area contributed by atoms with Crippen molar-refractivity contribution in [3.63, 3.8) is 0 Å². The van der Waals surface area contributed by atoms with Crippen molar-refractivity contribution in [2.75, 3.05) is 6.61 Å². The summed E-state index contributed by atoms with van der Waals surface area (Å²) < 4.78 is 14.9. The summed E-state index contributed by atoms with van der Waals surface area (Å²) in [4.78, 5) is 29.3. The highest BCUT2D eigenvalue weighted by molar-refractivity contribution is 7.46. The highest BCUT2D eigenvalue weighted by Gasteiger charge is 2.20. The largest absolute Gasteiger partial charge is 0.469 e. The van der Waals surface area contributed by atoms with E-state index in [1.165, 1.54) is 31.2 Å². The molecule has 0 heterocycles. The molecule has 6 nitrogen and oxygen atoms in total. The van der Waals surface area contributed by atoms with Crippen molar-refractivity contribution in [3.05, 3.63) is 35.4 Å². The van der Waals surface area contributed by atoms with E-state index in [1.807, 2.05) is 24.3 Å². The Morgan fingerprint density at radius 1 is 1.21 bits per heavy atom. The Kier molecular flexibility index (Phi) is 9.41. The lowest BCUT2D eigenvalue weighted by Crippen LogP contribution is -2.36. The van der Waals surface area contributed by atoms with E-state index >= 15 is 0 Å². The fourth-order valence-electron chi connectivity index (χ4n) is 2.43. The number of phosphoric ester groups is 1. The minimum Gasteiger partial charge on any atom is -0.320 e. The number of rotatable bonds is 12. The number of benzene rings is 1. The summed E-state index contributed by atoms with van der Waals surface area (Å²) in [7, 11) is -4.60. The van der Waals surface area contributed by atoms with E-state index in [-0.39, 0.29) is 12.2 Å². The molecule has 0 fully saturated rings. The first-order valence-corrected chi connectivity index (χ1v) is 9.91. The predicted molar refractivity (Wildman–Crippen MR) is 93.6 cm³/mol. The molecule has 1 atom stereocenters. The summed E-state index contributed by atoms with van der Waals surface area (Å²) in [6, 6.07) is 6.77. The smallest absolute Gasteiger partial charge is 0.320 e. The predicted octanol–water partition coefficient (Wildman–Crippen LogP) is 2.75. The van der Waals surface area contributed by atoms with Gasteiger partial charge in [0.1, 0.15) is 0 Å². The first-order chi connectivity index (χ1) is 11.3. The fourth-order valence-corrected chi connectivity index (χ4v) is 2.79. The van der Waals surface area contributed by atoms with Crippen LogP contribution in [0.1, 0.15) is 50.2 Å². The molecule has 7 heteroatoms. The fraction of sp³-hybridized carbons (Fsp3) is 0.588. The number of hydrogen-bond donors (Lipinski definition) is 3. The van der Waals surface area contributed by atoms with Gasteiger partial charge in [-0.1, -0.05) is 56.9 Å². The summed E-state index contributed by atoms with van der Waals surface area (Å²) in [6.07, 6.45) is 7.21. The minimum atomic E-state index is -4.60. The highest BCUT2D eigenvalue weighted by Crippen LogP contribution is 2.35. The van der Waals surface area contributed by atoms with E-state index in [2.05, 4.69) is 11.4 Å². The molecule has 0 saturated carbocycles. The molecule has 4 N–H and O–H groups in total. The second-order valence-corrected chi connectivity index (χ2v) is 7.26. The lowest BCUT2D eigenvalue weighted by molar-refractivity contribution is -0.120. The molecule has 24 heavy (non-hydrogen) atoms. The second-order valence-electron chi connectivity index (χ2n) is 6.02. The number of nitrogens with two attached hydrogens (primary N) is 1. The monoisotopic (exact) mass is 357 g/mol. The highest BCUT2D eigenvalue weighted by atomic mass is 31.2. The standard InChI is InChI=1S/C17H28NO5P/c1-2-3-4-5-6-8-14-9-7-10-15(11-14)12-17(19)16(18)13-23-24(20,21)22/h7,9-11,16H,2-6,8,12-13,18H2,1H3,(H2,20,21,22)/t16-/m1/s1. The van der Waals surface area contributed by atoms with Crippen LogP contribution in [0, 0.1) is 0 Å². The van der Waals surface area contributed by atoms with Crippen LogP contribution in [0.15, 0.2) is 24.3 Å². The number of unbranched alkanes of at least 4 members (excludes halogenated alkanes) is 4. The number of carbonyl (C=O) groups excluding carboxylic acids is 1. The van der Waals surface area contributed by atoms with Gasteiger partial charge in [0.2, 0.25) is 0 Å². The lowest BCUT2D eigenvalue weighted by atomic mass is 9.99. The first-order valence-electron chi connectivity index (χ1n) is 8.38. The van der Waals surface area contributed by atoms with Gasteiger partial charge in [0, 0.05) is 6.42 Å². The number of ketones is 1. The zero-order valence-electron chi connectivity index (χ0n) is 14.2. The summed E-state index contributed by atoms with van der Waals surface area (Å²) in [6.45, 7) is 1.70. The molecule has 0 spiro atoms. The van der Waals surface area contributed by atoms with E-state index in [1.54, 1.807) is 0 Å². The third-order valence-electron chi connectivity index (χ3n) is 3.77. The summed E-state index contributed by atoms with van der Waals surface area (Å²) in [5.41, 5.74) is 7.67. The number of hydrogen-bond acceptors (Lipinski definition) is 4. The average Bonchev–Trinajstić information content (AvgIpc) is 2.52. The molecule has 0 saturated heterocycles. The molecule has 136 valence electrons. The van der Waals surface area contributed by atoms with Gasteiger partial charge in [-0.25, -0.2) is 4.57 Å². The molecule has 1 aromatic rings. The van der Waals surface area contributed by atoms with Gasteiger partial charge in [-0.2, -0.15) is 0 Å². The lowest BCUT2D eigenvalue weighted by Gasteiger charge is -2.12. The van der Waals surface area contributed by atoms with Gasteiger partial charge in [-0.15, -0.1) is 0 Å². The third-order valence-corrected chi connectivity index (χ3v) is 4.26. The van der Waals surface area contributed by atoms with Crippen LogP contribution in [0.4, 0.5) is 0 Å². The van der Waals surface area contributed by atoms with Crippen LogP contribution >= 0.6 is 7.82 Å². The van der Waals surface area contributed by atoms with Crippen molar-refractivity contribution in [2.45, 2.75) is 57.9 Å². The Morgan fingerprint density at radius 3 is 2.54 bits per heavy atom. The van der Waals surface area contributed by atoms with Crippen LogP contribution in [0.2, 0.25) is 0 Å². The van der Waals surface area contributed by atoms with Gasteiger partial charge < -0.3 is 15.5 Å². The molecule has 0 aliphatic heterocycles. The number of aryl methyl sites for hydroxylation is 1. The summed E-state index contributed by atoms with van der Waals surface area (Å²) in [5.74, 6) is -0.302. The van der Waals surface area contributed by atoms with Crippen molar-refractivity contribution < 1.29 is 23.7 Å². The molecule has 0 bridgehead atoms. The molecule has 0 unspecified atom stereocenters. The topological polar surface area (TPSA) is 110 Å². The van der Waals surface area contributed by atoms with Gasteiger partial charge in [-0.05, 0) is 24.0 Å². The molecule has 0 aliphatic carbocycles. The normalized spacial score (nSPS) is 13.0. The second kappa shape index (κ2) is 10.7. The van der Waals surface area contributed by atoms with Crippen LogP contribution in [0.3, 0.4) is 0 Å². The van der Waals surface area contributed by atoms with Crippen molar-refractivity contribution in [1.29, 1.82) is 0 Å². The first kappa shape index (κ1) is 21.0. The van der Waals surface area contributed by atoms with Crippen molar-refractivity contribution in [2.24, 2.45) is 5.73 Å². The Balaban J connectivity index is 2.45. The van der Waals surface area contributed by atoms with Crippen LogP contribution in [0.5, 0.6) is 0 Å². The zero-order valence-corrected chi connectivity index (χ0v) is 15.1. The summed E-state index contributed by atoms with van der Waals surface area (Å²) >= 11 is 0. The Morgan fingerprint density at radius 2 is 1.88 bits per heavy atom. The van der Waals surface area contributed by atoms with Crippen molar-refractivity contribution >= 4 is 13.6 Å². The molecule has 0 aliphatic rings. The Bertz CT molecular complexity index is 558. The zero-order chi connectivity index (χ0) is 18.0. The van der Waals surface area contributed by atoms with E-state index in [0.717, 1.165) is 18.4 Å². The van der Waals surface area contributed by atoms with E-state index in [0.29, 0.717) is 0 Å². The van der Waals surface area contributed by atoms with Crippen LogP contribution in [0.25, 0.3) is 0 Å². The van der Waals surface area contributed by atoms with Crippen molar-refractivity contribution in [3.8, 4) is 0 Å². The van der Waals surface area contributed by atoms with Gasteiger partial charge in [0.05, 0.1) is 12.6 Å². The molecule has 0 aromatic heterocycles. The Labute approximate surface area is 143 Å². The van der Waals surface area contributed by atoms with Gasteiger partial charge in [0.25, 0.3) is 0 Å². The quantitative estimate of drug-likeness (QED) is 0.392. The van der Waals surface area contributed by atoms with Gasteiger partial charge >= 0.3 is 7.82 Å². The van der Waals surface area contributed by atoms with Gasteiger partial charge in [0.15, 0.2) is 5.78 Å². The molecule has 1 rings (SSSR count). The maximum atomic E-state index is 12.0. The van der Waals surface area contributed by atoms with E-state index in [4.69, 9.17) is 15.5 Å². The average molecular weight is 357 g/mol. The van der Waals surface area contributed by atoms with Crippen LogP contribution in [-0.2, 0) is 26.7 Å². The SMILES string of the molecule is CCCCCCCc1cccc(CC(=O)[C@H](N)COP(=O)(O)O)c1. The molecule has 0 radical (unpaired) electrons. The summed E-state index contributed by atoms with van der Waals surface area (Å²) in [5, 5.41) is 0. The van der Waals surface area contributed by atoms with Crippen LogP contribution < -0.4 is 5.73 Å². The number of carbonyl (C=O) groups is 1. The van der Waals surface area contributed by atoms with Crippen molar-refractivity contribution in [1.82, 2.24) is 0 Å². The van der Waals surface area contributed by atoms with Crippen LogP contribution in [-0.4, -0.2) is 28.2 Å². The maximum Gasteiger partial charge on any atom is 0.469 e. The molecule has 0 amide bonds. The molecular formula is C17H28NO5P. The number of Topliss-reactive ketones (excluding diaryl/α,β-unsaturated/α-hetero) is 1. The van der Waals surface area contributed by atoms with Gasteiger partial charge in [-0.3, -0.25) is 9.32 Å². The van der Waals surface area contributed by atoms with E-state index in [9.17, 15) is 9.36 Å². The Hall–Kier alpha value is -1.04. The number of phosphoric acid groups is 1.